The summed E-state index contributed by atoms with van der Waals surface area (Å²) < 4.78 is 32.8. The number of rotatable bonds is 6. The third-order valence-electron chi connectivity index (χ3n) is 2.83. The first-order chi connectivity index (χ1) is 8.92. The molecule has 1 aromatic carbocycles. The van der Waals surface area contributed by atoms with Gasteiger partial charge in [-0.1, -0.05) is 0 Å². The quantitative estimate of drug-likeness (QED) is 0.865. The highest BCUT2D eigenvalue weighted by Crippen LogP contribution is 2.26. The number of aromatic carboxylic acids is 1. The maximum Gasteiger partial charge on any atom is 0.335 e. The molecule has 0 fully saturated rings. The van der Waals surface area contributed by atoms with E-state index in [0.717, 1.165) is 12.1 Å². The molecule has 1 N–H and O–H groups in total. The molecule has 1 atom stereocenters. The molecule has 4 nitrogen and oxygen atoms in total. The second kappa shape index (κ2) is 6.47. The Morgan fingerprint density at radius 1 is 1.42 bits per heavy atom. The van der Waals surface area contributed by atoms with Crippen molar-refractivity contribution in [3.05, 3.63) is 29.3 Å². The van der Waals surface area contributed by atoms with Crippen molar-refractivity contribution in [1.82, 2.24) is 0 Å². The summed E-state index contributed by atoms with van der Waals surface area (Å²) in [6.07, 6.45) is 0. The Kier molecular flexibility index (Phi) is 5.23. The van der Waals surface area contributed by atoms with Gasteiger partial charge in [-0.3, -0.25) is 0 Å². The molecule has 0 aliphatic rings. The van der Waals surface area contributed by atoms with Crippen LogP contribution < -0.4 is 4.90 Å². The molecule has 0 aliphatic carbocycles. The molecule has 1 unspecified atom stereocenters. The number of benzene rings is 1. The van der Waals surface area contributed by atoms with Crippen LogP contribution in [0.15, 0.2) is 12.1 Å². The Morgan fingerprint density at radius 2 is 1.95 bits per heavy atom. The Morgan fingerprint density at radius 3 is 2.32 bits per heavy atom. The molecule has 106 valence electrons. The van der Waals surface area contributed by atoms with Crippen molar-refractivity contribution in [2.75, 3.05) is 25.2 Å². The standard InChI is InChI=1S/C13H17F2NO3/c1-4-16(8(2)7-19-3)12-10(14)5-9(13(17)18)6-11(12)15/h5-6,8H,4,7H2,1-3H3,(H,17,18). The Bertz CT molecular complexity index is 442. The van der Waals surface area contributed by atoms with Crippen LogP contribution in [-0.2, 0) is 4.74 Å². The van der Waals surface area contributed by atoms with Gasteiger partial charge in [0.05, 0.1) is 12.2 Å². The Balaban J connectivity index is 3.21. The smallest absolute Gasteiger partial charge is 0.335 e. The molecule has 0 saturated carbocycles. The van der Waals surface area contributed by atoms with E-state index < -0.39 is 23.2 Å². The van der Waals surface area contributed by atoms with Gasteiger partial charge in [-0.2, -0.15) is 0 Å². The molecule has 0 aromatic heterocycles. The molecule has 0 saturated heterocycles. The summed E-state index contributed by atoms with van der Waals surface area (Å²) in [6, 6.07) is 1.42. The number of nitrogens with zero attached hydrogens (tertiary/aromatic N) is 1. The maximum atomic E-state index is 13.9. The van der Waals surface area contributed by atoms with E-state index in [1.165, 1.54) is 12.0 Å². The molecular formula is C13H17F2NO3. The van der Waals surface area contributed by atoms with E-state index in [0.29, 0.717) is 13.2 Å². The fourth-order valence-corrected chi connectivity index (χ4v) is 1.98. The van der Waals surface area contributed by atoms with Gasteiger partial charge in [-0.05, 0) is 26.0 Å². The SMILES string of the molecule is CCN(c1c(F)cc(C(=O)O)cc1F)C(C)COC. The zero-order chi connectivity index (χ0) is 14.6. The summed E-state index contributed by atoms with van der Waals surface area (Å²) in [5, 5.41) is 8.75. The van der Waals surface area contributed by atoms with Gasteiger partial charge in [-0.25, -0.2) is 13.6 Å². The van der Waals surface area contributed by atoms with Gasteiger partial charge in [0, 0.05) is 19.7 Å². The lowest BCUT2D eigenvalue weighted by Gasteiger charge is -2.30. The normalized spacial score (nSPS) is 12.3. The third-order valence-corrected chi connectivity index (χ3v) is 2.83. The molecule has 0 spiro atoms. The lowest BCUT2D eigenvalue weighted by molar-refractivity contribution is 0.0695. The highest BCUT2D eigenvalue weighted by Gasteiger charge is 2.22. The largest absolute Gasteiger partial charge is 0.478 e. The van der Waals surface area contributed by atoms with Gasteiger partial charge in [0.25, 0.3) is 0 Å². The minimum Gasteiger partial charge on any atom is -0.478 e. The zero-order valence-corrected chi connectivity index (χ0v) is 11.1. The van der Waals surface area contributed by atoms with E-state index in [9.17, 15) is 13.6 Å². The summed E-state index contributed by atoms with van der Waals surface area (Å²) in [4.78, 5) is 12.2. The zero-order valence-electron chi connectivity index (χ0n) is 11.1. The number of carboxylic acids is 1. The summed E-state index contributed by atoms with van der Waals surface area (Å²) in [6.45, 7) is 4.23. The fraction of sp³-hybridized carbons (Fsp3) is 0.462. The van der Waals surface area contributed by atoms with E-state index in [1.807, 2.05) is 0 Å². The number of halogens is 2. The first-order valence-electron chi connectivity index (χ1n) is 5.90. The molecule has 0 radical (unpaired) electrons. The molecule has 19 heavy (non-hydrogen) atoms. The maximum absolute atomic E-state index is 13.9. The summed E-state index contributed by atoms with van der Waals surface area (Å²) in [7, 11) is 1.50. The topological polar surface area (TPSA) is 49.8 Å². The molecule has 0 heterocycles. The summed E-state index contributed by atoms with van der Waals surface area (Å²) in [5.41, 5.74) is -0.633. The van der Waals surface area contributed by atoms with Crippen molar-refractivity contribution in [3.63, 3.8) is 0 Å². The number of hydrogen-bond donors (Lipinski definition) is 1. The number of hydrogen-bond acceptors (Lipinski definition) is 3. The molecule has 1 rings (SSSR count). The van der Waals surface area contributed by atoms with Crippen LogP contribution in [0, 0.1) is 11.6 Å². The average Bonchev–Trinajstić information content (AvgIpc) is 2.33. The molecular weight excluding hydrogens is 256 g/mol. The Labute approximate surface area is 110 Å². The van der Waals surface area contributed by atoms with Gasteiger partial charge >= 0.3 is 5.97 Å². The highest BCUT2D eigenvalue weighted by molar-refractivity contribution is 5.88. The lowest BCUT2D eigenvalue weighted by Crippen LogP contribution is -2.37. The van der Waals surface area contributed by atoms with Gasteiger partial charge in [0.15, 0.2) is 0 Å². The van der Waals surface area contributed by atoms with Gasteiger partial charge in [-0.15, -0.1) is 0 Å². The van der Waals surface area contributed by atoms with E-state index in [2.05, 4.69) is 0 Å². The molecule has 0 bridgehead atoms. The number of carboxylic acid groups (broad SMARTS) is 1. The Hall–Kier alpha value is -1.69. The van der Waals surface area contributed by atoms with Crippen LogP contribution in [0.3, 0.4) is 0 Å². The number of methoxy groups -OCH3 is 1. The van der Waals surface area contributed by atoms with Crippen molar-refractivity contribution in [1.29, 1.82) is 0 Å². The summed E-state index contributed by atoms with van der Waals surface area (Å²) >= 11 is 0. The number of likely N-dealkylation sites (N-methyl/N-ethyl adjacent to an activating group) is 1. The number of ether oxygens (including phenoxy) is 1. The van der Waals surface area contributed by atoms with Crippen LogP contribution in [0.25, 0.3) is 0 Å². The minimum absolute atomic E-state index is 0.225. The molecule has 1 aromatic rings. The van der Waals surface area contributed by atoms with Gasteiger partial charge in [0.1, 0.15) is 17.3 Å². The van der Waals surface area contributed by atoms with Crippen LogP contribution in [0.1, 0.15) is 24.2 Å². The van der Waals surface area contributed by atoms with Crippen LogP contribution in [0.4, 0.5) is 14.5 Å². The second-order valence-electron chi connectivity index (χ2n) is 4.18. The van der Waals surface area contributed by atoms with Crippen molar-refractivity contribution >= 4 is 11.7 Å². The molecule has 6 heteroatoms. The highest BCUT2D eigenvalue weighted by atomic mass is 19.1. The lowest BCUT2D eigenvalue weighted by atomic mass is 10.1. The second-order valence-corrected chi connectivity index (χ2v) is 4.18. The monoisotopic (exact) mass is 273 g/mol. The van der Waals surface area contributed by atoms with Crippen LogP contribution in [0.2, 0.25) is 0 Å². The van der Waals surface area contributed by atoms with E-state index in [1.54, 1.807) is 13.8 Å². The third kappa shape index (κ3) is 3.41. The summed E-state index contributed by atoms with van der Waals surface area (Å²) in [5.74, 6) is -3.14. The van der Waals surface area contributed by atoms with Crippen LogP contribution in [-0.4, -0.2) is 37.4 Å². The van der Waals surface area contributed by atoms with Crippen molar-refractivity contribution in [2.45, 2.75) is 19.9 Å². The number of carbonyl (C=O) groups is 1. The fourth-order valence-electron chi connectivity index (χ4n) is 1.98. The van der Waals surface area contributed by atoms with Crippen molar-refractivity contribution in [2.24, 2.45) is 0 Å². The van der Waals surface area contributed by atoms with E-state index in [-0.39, 0.29) is 11.7 Å². The van der Waals surface area contributed by atoms with E-state index in [4.69, 9.17) is 9.84 Å². The number of anilines is 1. The molecule has 0 aliphatic heterocycles. The van der Waals surface area contributed by atoms with Gasteiger partial charge in [0.2, 0.25) is 0 Å². The van der Waals surface area contributed by atoms with Crippen LogP contribution >= 0.6 is 0 Å². The van der Waals surface area contributed by atoms with Crippen molar-refractivity contribution in [3.8, 4) is 0 Å². The minimum atomic E-state index is -1.36. The predicted molar refractivity (Wildman–Crippen MR) is 67.7 cm³/mol. The average molecular weight is 273 g/mol. The van der Waals surface area contributed by atoms with Crippen LogP contribution in [0.5, 0.6) is 0 Å². The first kappa shape index (κ1) is 15.4. The van der Waals surface area contributed by atoms with Gasteiger partial charge < -0.3 is 14.7 Å². The van der Waals surface area contributed by atoms with E-state index >= 15 is 0 Å². The first-order valence-corrected chi connectivity index (χ1v) is 5.90. The van der Waals surface area contributed by atoms with Crippen molar-refractivity contribution < 1.29 is 23.4 Å². The predicted octanol–water partition coefficient (Wildman–Crippen LogP) is 2.52. The molecule has 0 amide bonds.